The Bertz CT molecular complexity index is 539. The second-order valence-electron chi connectivity index (χ2n) is 6.60. The van der Waals surface area contributed by atoms with Crippen LogP contribution < -0.4 is 5.32 Å². The number of hydrogen-bond acceptors (Lipinski definition) is 2. The topological polar surface area (TPSA) is 49.3 Å². The van der Waals surface area contributed by atoms with Crippen molar-refractivity contribution in [2.75, 3.05) is 6.61 Å². The fourth-order valence-corrected chi connectivity index (χ4v) is 2.25. The van der Waals surface area contributed by atoms with Gasteiger partial charge in [0, 0.05) is 12.5 Å². The average molecular weight is 386 g/mol. The van der Waals surface area contributed by atoms with Crippen molar-refractivity contribution in [3.8, 4) is 0 Å². The van der Waals surface area contributed by atoms with Crippen molar-refractivity contribution >= 4 is 5.91 Å². The Balaban J connectivity index is 3.59. The molecule has 0 aromatic carbocycles. The molecule has 1 amide bonds. The van der Waals surface area contributed by atoms with Crippen LogP contribution in [-0.4, -0.2) is 23.7 Å². The lowest BCUT2D eigenvalue weighted by atomic mass is 10.2. The second kappa shape index (κ2) is 21.2. The molecule has 3 heteroatoms. The number of aliphatic hydroxyl groups excluding tert-OH is 1. The zero-order valence-electron chi connectivity index (χ0n) is 17.7. The van der Waals surface area contributed by atoms with Gasteiger partial charge in [-0.1, -0.05) is 79.8 Å². The lowest BCUT2D eigenvalue weighted by Gasteiger charge is -2.09. The summed E-state index contributed by atoms with van der Waals surface area (Å²) in [6, 6.07) is -0.169. The van der Waals surface area contributed by atoms with Crippen LogP contribution in [-0.2, 0) is 4.79 Å². The Morgan fingerprint density at radius 3 is 1.54 bits per heavy atom. The van der Waals surface area contributed by atoms with Gasteiger partial charge in [0.1, 0.15) is 0 Å². The number of allylic oxidation sites excluding steroid dienone is 12. The van der Waals surface area contributed by atoms with Crippen molar-refractivity contribution in [1.29, 1.82) is 0 Å². The van der Waals surface area contributed by atoms with Crippen molar-refractivity contribution < 1.29 is 9.90 Å². The zero-order valence-corrected chi connectivity index (χ0v) is 17.7. The normalized spacial score (nSPS) is 14.0. The second-order valence-corrected chi connectivity index (χ2v) is 6.60. The SMILES string of the molecule is CCC=CCC=CCC=CCC=CCC=CCC=CCCC(=O)NC(C)CO. The lowest BCUT2D eigenvalue weighted by molar-refractivity contribution is -0.121. The molecule has 0 fully saturated rings. The van der Waals surface area contributed by atoms with Crippen LogP contribution in [0.3, 0.4) is 0 Å². The van der Waals surface area contributed by atoms with Crippen molar-refractivity contribution in [3.05, 3.63) is 72.9 Å². The molecule has 1 atom stereocenters. The minimum Gasteiger partial charge on any atom is -0.394 e. The summed E-state index contributed by atoms with van der Waals surface area (Å²) in [5, 5.41) is 11.6. The minimum absolute atomic E-state index is 0.0129. The molecular weight excluding hydrogens is 346 g/mol. The third-order valence-corrected chi connectivity index (χ3v) is 3.82. The van der Waals surface area contributed by atoms with Gasteiger partial charge in [-0.3, -0.25) is 4.79 Å². The monoisotopic (exact) mass is 385 g/mol. The summed E-state index contributed by atoms with van der Waals surface area (Å²) in [5.74, 6) is -0.0129. The molecule has 0 rings (SSSR count). The maximum atomic E-state index is 11.5. The Kier molecular flexibility index (Phi) is 19.6. The smallest absolute Gasteiger partial charge is 0.220 e. The van der Waals surface area contributed by atoms with Gasteiger partial charge in [0.15, 0.2) is 0 Å². The van der Waals surface area contributed by atoms with Gasteiger partial charge in [-0.2, -0.15) is 0 Å². The molecule has 1 unspecified atom stereocenters. The first kappa shape index (κ1) is 25.9. The number of nitrogens with one attached hydrogen (secondary N) is 1. The maximum Gasteiger partial charge on any atom is 0.220 e. The summed E-state index contributed by atoms with van der Waals surface area (Å²) < 4.78 is 0. The fraction of sp³-hybridized carbons (Fsp3) is 0.480. The van der Waals surface area contributed by atoms with Crippen molar-refractivity contribution in [2.24, 2.45) is 0 Å². The van der Waals surface area contributed by atoms with E-state index in [1.54, 1.807) is 6.92 Å². The standard InChI is InChI=1S/C25H39NO2/c1-3-4-5-6-7-8-9-10-11-12-13-14-15-16-17-18-19-20-21-22-25(28)26-24(2)23-27/h4-5,7-8,10-11,13-14,16-17,19-20,24,27H,3,6,9,12,15,18,21-23H2,1-2H3,(H,26,28). The molecular formula is C25H39NO2. The van der Waals surface area contributed by atoms with Crippen LogP contribution in [0.15, 0.2) is 72.9 Å². The molecule has 0 aromatic heterocycles. The molecule has 2 N–H and O–H groups in total. The predicted octanol–water partition coefficient (Wildman–Crippen LogP) is 5.96. The molecule has 3 nitrogen and oxygen atoms in total. The van der Waals surface area contributed by atoms with Gasteiger partial charge in [-0.15, -0.1) is 0 Å². The number of hydrogen-bond donors (Lipinski definition) is 2. The largest absolute Gasteiger partial charge is 0.394 e. The van der Waals surface area contributed by atoms with Gasteiger partial charge < -0.3 is 10.4 Å². The van der Waals surface area contributed by atoms with Crippen LogP contribution in [0, 0.1) is 0 Å². The van der Waals surface area contributed by atoms with E-state index in [2.05, 4.69) is 79.1 Å². The van der Waals surface area contributed by atoms with E-state index in [1.807, 2.05) is 6.08 Å². The van der Waals surface area contributed by atoms with Crippen LogP contribution in [0.1, 0.15) is 65.2 Å². The van der Waals surface area contributed by atoms with Crippen LogP contribution in [0.4, 0.5) is 0 Å². The van der Waals surface area contributed by atoms with Gasteiger partial charge in [0.05, 0.1) is 6.61 Å². The van der Waals surface area contributed by atoms with Crippen LogP contribution >= 0.6 is 0 Å². The molecule has 0 bridgehead atoms. The van der Waals surface area contributed by atoms with E-state index >= 15 is 0 Å². The Labute approximate surface area is 172 Å². The third-order valence-electron chi connectivity index (χ3n) is 3.82. The molecule has 156 valence electrons. The molecule has 0 heterocycles. The van der Waals surface area contributed by atoms with E-state index in [0.29, 0.717) is 6.42 Å². The minimum atomic E-state index is -0.169. The quantitative estimate of drug-likeness (QED) is 0.322. The number of aliphatic hydroxyl groups is 1. The van der Waals surface area contributed by atoms with E-state index in [4.69, 9.17) is 5.11 Å². The Morgan fingerprint density at radius 2 is 1.14 bits per heavy atom. The highest BCUT2D eigenvalue weighted by Gasteiger charge is 2.03. The Hall–Kier alpha value is -2.13. The number of carbonyl (C=O) groups is 1. The summed E-state index contributed by atoms with van der Waals surface area (Å²) in [6.07, 6.45) is 33.2. The molecule has 0 spiro atoms. The molecule has 0 radical (unpaired) electrons. The van der Waals surface area contributed by atoms with Crippen molar-refractivity contribution in [3.63, 3.8) is 0 Å². The highest BCUT2D eigenvalue weighted by molar-refractivity contribution is 5.76. The zero-order chi connectivity index (χ0) is 20.7. The van der Waals surface area contributed by atoms with Gasteiger partial charge >= 0.3 is 0 Å². The molecule has 28 heavy (non-hydrogen) atoms. The van der Waals surface area contributed by atoms with E-state index in [1.165, 1.54) is 0 Å². The first-order valence-electron chi connectivity index (χ1n) is 10.5. The van der Waals surface area contributed by atoms with E-state index in [0.717, 1.165) is 44.9 Å². The van der Waals surface area contributed by atoms with Gasteiger partial charge in [-0.25, -0.2) is 0 Å². The fourth-order valence-electron chi connectivity index (χ4n) is 2.25. The summed E-state index contributed by atoms with van der Waals surface area (Å²) in [7, 11) is 0. The number of amides is 1. The molecule has 0 saturated heterocycles. The van der Waals surface area contributed by atoms with Crippen LogP contribution in [0.5, 0.6) is 0 Å². The molecule has 0 aliphatic carbocycles. The summed E-state index contributed by atoms with van der Waals surface area (Å²) in [6.45, 7) is 3.91. The van der Waals surface area contributed by atoms with Crippen LogP contribution in [0.2, 0.25) is 0 Å². The van der Waals surface area contributed by atoms with E-state index < -0.39 is 0 Å². The predicted molar refractivity (Wildman–Crippen MR) is 122 cm³/mol. The van der Waals surface area contributed by atoms with Crippen molar-refractivity contribution in [2.45, 2.75) is 71.3 Å². The Morgan fingerprint density at radius 1 is 0.750 bits per heavy atom. The number of carbonyl (C=O) groups excluding carboxylic acids is 1. The molecule has 0 saturated carbocycles. The van der Waals surface area contributed by atoms with Crippen LogP contribution in [0.25, 0.3) is 0 Å². The highest BCUT2D eigenvalue weighted by atomic mass is 16.3. The summed E-state index contributed by atoms with van der Waals surface area (Å²) in [5.41, 5.74) is 0. The van der Waals surface area contributed by atoms with Crippen molar-refractivity contribution in [1.82, 2.24) is 5.32 Å². The first-order chi connectivity index (χ1) is 13.7. The summed E-state index contributed by atoms with van der Waals surface area (Å²) in [4.78, 5) is 11.5. The molecule has 0 aliphatic heterocycles. The van der Waals surface area contributed by atoms with Gasteiger partial charge in [0.2, 0.25) is 5.91 Å². The van der Waals surface area contributed by atoms with E-state index in [9.17, 15) is 4.79 Å². The highest BCUT2D eigenvalue weighted by Crippen LogP contribution is 1.98. The number of rotatable bonds is 16. The first-order valence-corrected chi connectivity index (χ1v) is 10.5. The molecule has 0 aliphatic rings. The maximum absolute atomic E-state index is 11.5. The lowest BCUT2D eigenvalue weighted by Crippen LogP contribution is -2.34. The van der Waals surface area contributed by atoms with Gasteiger partial charge in [-0.05, 0) is 51.9 Å². The average Bonchev–Trinajstić information content (AvgIpc) is 2.69. The third kappa shape index (κ3) is 20.2. The molecule has 0 aromatic rings. The van der Waals surface area contributed by atoms with Gasteiger partial charge in [0.25, 0.3) is 0 Å². The van der Waals surface area contributed by atoms with E-state index in [-0.39, 0.29) is 18.6 Å². The summed E-state index contributed by atoms with van der Waals surface area (Å²) >= 11 is 0.